The fourth-order valence-electron chi connectivity index (χ4n) is 4.37. The molecule has 2 fully saturated rings. The van der Waals surface area contributed by atoms with E-state index in [0.717, 1.165) is 5.69 Å². The minimum atomic E-state index is -0.947. The SMILES string of the molecule is CCOc1cc([C@@H]2[C@H]3C(=O)N(c4ccccc4)C(=O)[C@@H]3ON2c2ccccc2)ccc1O. The first-order valence-corrected chi connectivity index (χ1v) is 10.5. The number of phenols is 1. The maximum absolute atomic E-state index is 13.6. The van der Waals surface area contributed by atoms with Gasteiger partial charge in [0.25, 0.3) is 5.91 Å². The number of aromatic hydroxyl groups is 1. The van der Waals surface area contributed by atoms with Gasteiger partial charge >= 0.3 is 0 Å². The van der Waals surface area contributed by atoms with Gasteiger partial charge in [-0.2, -0.15) is 0 Å². The normalized spacial score (nSPS) is 22.3. The minimum absolute atomic E-state index is 0.0112. The van der Waals surface area contributed by atoms with Crippen LogP contribution < -0.4 is 14.7 Å². The minimum Gasteiger partial charge on any atom is -0.504 e. The molecule has 2 heterocycles. The van der Waals surface area contributed by atoms with Crippen LogP contribution in [0.1, 0.15) is 18.5 Å². The van der Waals surface area contributed by atoms with E-state index in [9.17, 15) is 14.7 Å². The van der Waals surface area contributed by atoms with Crippen molar-refractivity contribution in [1.82, 2.24) is 0 Å². The molecule has 2 aliphatic heterocycles. The van der Waals surface area contributed by atoms with Gasteiger partial charge in [-0.25, -0.2) is 9.96 Å². The van der Waals surface area contributed by atoms with Crippen LogP contribution in [0.15, 0.2) is 78.9 Å². The summed E-state index contributed by atoms with van der Waals surface area (Å²) in [6.07, 6.45) is -0.947. The second-order valence-electron chi connectivity index (χ2n) is 7.67. The van der Waals surface area contributed by atoms with E-state index in [0.29, 0.717) is 23.6 Å². The van der Waals surface area contributed by atoms with E-state index in [1.54, 1.807) is 41.5 Å². The summed E-state index contributed by atoms with van der Waals surface area (Å²) in [7, 11) is 0. The molecule has 0 bridgehead atoms. The van der Waals surface area contributed by atoms with Crippen molar-refractivity contribution in [1.29, 1.82) is 0 Å². The first-order valence-electron chi connectivity index (χ1n) is 10.5. The van der Waals surface area contributed by atoms with Crippen molar-refractivity contribution in [2.45, 2.75) is 19.1 Å². The molecule has 7 heteroatoms. The summed E-state index contributed by atoms with van der Waals surface area (Å²) in [4.78, 5) is 34.1. The topological polar surface area (TPSA) is 79.3 Å². The Balaban J connectivity index is 1.60. The van der Waals surface area contributed by atoms with Gasteiger partial charge in [0.15, 0.2) is 17.6 Å². The van der Waals surface area contributed by atoms with Gasteiger partial charge in [0, 0.05) is 0 Å². The second-order valence-corrected chi connectivity index (χ2v) is 7.67. The Hall–Kier alpha value is -3.84. The van der Waals surface area contributed by atoms with E-state index < -0.39 is 24.0 Å². The Bertz CT molecular complexity index is 1150. The van der Waals surface area contributed by atoms with Crippen molar-refractivity contribution in [3.05, 3.63) is 84.4 Å². The number of hydroxylamine groups is 1. The fraction of sp³-hybridized carbons (Fsp3) is 0.200. The molecule has 2 amide bonds. The summed E-state index contributed by atoms with van der Waals surface area (Å²) in [5, 5.41) is 11.8. The van der Waals surface area contributed by atoms with E-state index >= 15 is 0 Å². The highest BCUT2D eigenvalue weighted by Gasteiger charge is 2.60. The number of para-hydroxylation sites is 2. The van der Waals surface area contributed by atoms with Crippen LogP contribution in [0.2, 0.25) is 0 Å². The van der Waals surface area contributed by atoms with Crippen LogP contribution in [0.4, 0.5) is 11.4 Å². The summed E-state index contributed by atoms with van der Waals surface area (Å²) in [6.45, 7) is 2.21. The number of phenolic OH excluding ortho intramolecular Hbond substituents is 1. The van der Waals surface area contributed by atoms with Crippen molar-refractivity contribution < 1.29 is 24.3 Å². The first-order chi connectivity index (χ1) is 15.6. The zero-order chi connectivity index (χ0) is 22.2. The Kier molecular flexibility index (Phi) is 5.03. The van der Waals surface area contributed by atoms with E-state index in [2.05, 4.69) is 0 Å². The van der Waals surface area contributed by atoms with E-state index in [4.69, 9.17) is 9.57 Å². The van der Waals surface area contributed by atoms with Crippen molar-refractivity contribution in [2.24, 2.45) is 5.92 Å². The molecule has 3 atom stereocenters. The van der Waals surface area contributed by atoms with E-state index in [1.807, 2.05) is 43.3 Å². The van der Waals surface area contributed by atoms with Crippen LogP contribution in [0.3, 0.4) is 0 Å². The van der Waals surface area contributed by atoms with Crippen LogP contribution >= 0.6 is 0 Å². The van der Waals surface area contributed by atoms with Crippen molar-refractivity contribution in [3.63, 3.8) is 0 Å². The molecule has 0 radical (unpaired) electrons. The van der Waals surface area contributed by atoms with Gasteiger partial charge in [0.05, 0.1) is 24.0 Å². The molecule has 0 spiro atoms. The zero-order valence-electron chi connectivity index (χ0n) is 17.4. The fourth-order valence-corrected chi connectivity index (χ4v) is 4.37. The van der Waals surface area contributed by atoms with Crippen molar-refractivity contribution >= 4 is 23.2 Å². The molecule has 162 valence electrons. The molecule has 2 aliphatic rings. The second kappa shape index (κ2) is 8.01. The van der Waals surface area contributed by atoms with Crippen LogP contribution in [0.5, 0.6) is 11.5 Å². The molecule has 0 saturated carbocycles. The standard InChI is InChI=1S/C25H22N2O5/c1-2-31-20-15-16(13-14-19(20)28)22-21-23(32-27(22)18-11-7-4-8-12-18)25(30)26(24(21)29)17-9-5-3-6-10-17/h3-15,21-23,28H,2H2,1H3/t21-,22-,23-/m1/s1. The predicted molar refractivity (Wildman–Crippen MR) is 118 cm³/mol. The number of hydrogen-bond donors (Lipinski definition) is 1. The molecule has 32 heavy (non-hydrogen) atoms. The third-order valence-electron chi connectivity index (χ3n) is 5.77. The number of anilines is 2. The zero-order valence-corrected chi connectivity index (χ0v) is 17.4. The van der Waals surface area contributed by atoms with Gasteiger partial charge in [-0.15, -0.1) is 0 Å². The summed E-state index contributed by atoms with van der Waals surface area (Å²) in [5.74, 6) is -1.13. The number of hydrogen-bond acceptors (Lipinski definition) is 6. The van der Waals surface area contributed by atoms with Gasteiger partial charge in [-0.3, -0.25) is 14.4 Å². The number of imide groups is 1. The monoisotopic (exact) mass is 430 g/mol. The molecular formula is C25H22N2O5. The van der Waals surface area contributed by atoms with Gasteiger partial charge in [-0.1, -0.05) is 42.5 Å². The lowest BCUT2D eigenvalue weighted by atomic mass is 9.90. The van der Waals surface area contributed by atoms with Gasteiger partial charge in [-0.05, 0) is 48.9 Å². The van der Waals surface area contributed by atoms with Gasteiger partial charge in [0.2, 0.25) is 5.91 Å². The summed E-state index contributed by atoms with van der Waals surface area (Å²) in [5.41, 5.74) is 1.95. The molecule has 0 unspecified atom stereocenters. The maximum Gasteiger partial charge on any atom is 0.266 e. The smallest absolute Gasteiger partial charge is 0.266 e. The largest absolute Gasteiger partial charge is 0.504 e. The molecule has 2 saturated heterocycles. The number of benzene rings is 3. The number of nitrogens with zero attached hydrogens (tertiary/aromatic N) is 2. The summed E-state index contributed by atoms with van der Waals surface area (Å²) >= 11 is 0. The van der Waals surface area contributed by atoms with Crippen molar-refractivity contribution in [2.75, 3.05) is 16.6 Å². The summed E-state index contributed by atoms with van der Waals surface area (Å²) in [6, 6.07) is 22.6. The molecule has 5 rings (SSSR count). The van der Waals surface area contributed by atoms with Crippen LogP contribution in [-0.2, 0) is 14.4 Å². The van der Waals surface area contributed by atoms with Crippen LogP contribution in [-0.4, -0.2) is 29.6 Å². The number of ether oxygens (including phenoxy) is 1. The third kappa shape index (κ3) is 3.18. The molecule has 3 aromatic rings. The lowest BCUT2D eigenvalue weighted by Crippen LogP contribution is -2.37. The van der Waals surface area contributed by atoms with Crippen LogP contribution in [0, 0.1) is 5.92 Å². The molecule has 1 N–H and O–H groups in total. The molecular weight excluding hydrogens is 408 g/mol. The Morgan fingerprint density at radius 2 is 1.56 bits per heavy atom. The number of carbonyl (C=O) groups excluding carboxylic acids is 2. The molecule has 7 nitrogen and oxygen atoms in total. The Morgan fingerprint density at radius 3 is 2.22 bits per heavy atom. The lowest BCUT2D eigenvalue weighted by Gasteiger charge is -2.29. The molecule has 0 aliphatic carbocycles. The number of carbonyl (C=O) groups is 2. The summed E-state index contributed by atoms with van der Waals surface area (Å²) < 4.78 is 5.56. The number of fused-ring (bicyclic) bond motifs is 1. The first kappa shape index (κ1) is 20.1. The lowest BCUT2D eigenvalue weighted by molar-refractivity contribution is -0.126. The van der Waals surface area contributed by atoms with Crippen LogP contribution in [0.25, 0.3) is 0 Å². The highest BCUT2D eigenvalue weighted by atomic mass is 16.7. The molecule has 3 aromatic carbocycles. The number of rotatable bonds is 5. The van der Waals surface area contributed by atoms with Gasteiger partial charge in [0.1, 0.15) is 5.92 Å². The number of amides is 2. The highest BCUT2D eigenvalue weighted by Crippen LogP contribution is 2.48. The maximum atomic E-state index is 13.6. The average molecular weight is 430 g/mol. The average Bonchev–Trinajstić information content (AvgIpc) is 3.33. The predicted octanol–water partition coefficient (Wildman–Crippen LogP) is 3.84. The van der Waals surface area contributed by atoms with Crippen molar-refractivity contribution in [3.8, 4) is 11.5 Å². The molecule has 0 aromatic heterocycles. The Labute approximate surface area is 185 Å². The quantitative estimate of drug-likeness (QED) is 0.620. The van der Waals surface area contributed by atoms with E-state index in [-0.39, 0.29) is 11.7 Å². The third-order valence-corrected chi connectivity index (χ3v) is 5.77. The highest BCUT2D eigenvalue weighted by molar-refractivity contribution is 6.23. The Morgan fingerprint density at radius 1 is 0.906 bits per heavy atom. The van der Waals surface area contributed by atoms with Gasteiger partial charge < -0.3 is 9.84 Å². The van der Waals surface area contributed by atoms with E-state index in [1.165, 1.54) is 11.0 Å².